The number of benzene rings is 1. The molecule has 1 unspecified atom stereocenters. The minimum Gasteiger partial charge on any atom is -0.381 e. The Bertz CT molecular complexity index is 1330. The van der Waals surface area contributed by atoms with Gasteiger partial charge >= 0.3 is 0 Å². The largest absolute Gasteiger partial charge is 0.381 e. The van der Waals surface area contributed by atoms with Crippen LogP contribution in [-0.4, -0.2) is 46.7 Å². The van der Waals surface area contributed by atoms with E-state index in [-0.39, 0.29) is 16.7 Å². The zero-order valence-electron chi connectivity index (χ0n) is 18.2. The van der Waals surface area contributed by atoms with E-state index in [0.717, 1.165) is 55.8 Å². The molecule has 4 aromatic rings. The van der Waals surface area contributed by atoms with E-state index in [9.17, 15) is 4.39 Å². The van der Waals surface area contributed by atoms with Gasteiger partial charge in [-0.3, -0.25) is 4.90 Å². The van der Waals surface area contributed by atoms with Crippen LogP contribution in [0.25, 0.3) is 20.4 Å². The third-order valence-corrected chi connectivity index (χ3v) is 9.22. The van der Waals surface area contributed by atoms with Gasteiger partial charge in [-0.2, -0.15) is 0 Å². The maximum atomic E-state index is 15.0. The average molecular weight is 487 g/mol. The number of halogens is 2. The third kappa shape index (κ3) is 3.36. The highest BCUT2D eigenvalue weighted by molar-refractivity contribution is 7.18. The van der Waals surface area contributed by atoms with Crippen LogP contribution in [0.3, 0.4) is 0 Å². The third-order valence-electron chi connectivity index (χ3n) is 7.28. The normalized spacial score (nSPS) is 20.9. The van der Waals surface area contributed by atoms with E-state index in [1.165, 1.54) is 27.8 Å². The predicted octanol–water partition coefficient (Wildman–Crippen LogP) is 6.29. The van der Waals surface area contributed by atoms with E-state index < -0.39 is 11.6 Å². The smallest absolute Gasteiger partial charge is 0.176 e. The number of anilines is 2. The number of hydrogen-bond acceptors (Lipinski definition) is 7. The van der Waals surface area contributed by atoms with Gasteiger partial charge < -0.3 is 10.1 Å². The van der Waals surface area contributed by atoms with E-state index in [1.807, 2.05) is 0 Å². The number of thiazole rings is 1. The number of nitrogens with zero attached hydrogens (tertiary/aromatic N) is 3. The summed E-state index contributed by atoms with van der Waals surface area (Å²) in [6.07, 6.45) is 4.86. The summed E-state index contributed by atoms with van der Waals surface area (Å²) < 4.78 is 36.0. The highest BCUT2D eigenvalue weighted by Crippen LogP contribution is 2.50. The van der Waals surface area contributed by atoms with Crippen molar-refractivity contribution in [1.82, 2.24) is 14.9 Å². The Morgan fingerprint density at radius 3 is 2.91 bits per heavy atom. The van der Waals surface area contributed by atoms with Gasteiger partial charge in [-0.25, -0.2) is 18.7 Å². The van der Waals surface area contributed by atoms with Crippen LogP contribution in [0.5, 0.6) is 0 Å². The topological polar surface area (TPSA) is 50.3 Å². The molecule has 3 aromatic heterocycles. The molecule has 2 saturated heterocycles. The lowest BCUT2D eigenvalue weighted by molar-refractivity contribution is -0.0132. The summed E-state index contributed by atoms with van der Waals surface area (Å²) >= 11 is 2.92. The van der Waals surface area contributed by atoms with Crippen LogP contribution in [-0.2, 0) is 4.74 Å². The second kappa shape index (κ2) is 8.23. The summed E-state index contributed by atoms with van der Waals surface area (Å²) in [6.45, 7) is 5.93. The van der Waals surface area contributed by atoms with Crippen LogP contribution < -0.4 is 5.32 Å². The molecule has 2 aliphatic rings. The number of rotatable bonds is 4. The minimum atomic E-state index is -0.665. The summed E-state index contributed by atoms with van der Waals surface area (Å²) in [4.78, 5) is 13.4. The Hall–Kier alpha value is -2.20. The van der Waals surface area contributed by atoms with Crippen molar-refractivity contribution < 1.29 is 13.5 Å². The zero-order chi connectivity index (χ0) is 22.6. The lowest BCUT2D eigenvalue weighted by Gasteiger charge is -2.44. The summed E-state index contributed by atoms with van der Waals surface area (Å²) in [5.74, 6) is -0.879. The number of aromatic nitrogens is 2. The lowest BCUT2D eigenvalue weighted by Crippen LogP contribution is -2.50. The van der Waals surface area contributed by atoms with Crippen molar-refractivity contribution in [1.29, 1.82) is 0 Å². The molecule has 6 rings (SSSR count). The van der Waals surface area contributed by atoms with Gasteiger partial charge in [0.25, 0.3) is 0 Å². The van der Waals surface area contributed by atoms with Gasteiger partial charge in [0.05, 0.1) is 15.9 Å². The number of ether oxygens (including phenoxy) is 1. The fourth-order valence-corrected chi connectivity index (χ4v) is 7.66. The Morgan fingerprint density at radius 2 is 2.09 bits per heavy atom. The van der Waals surface area contributed by atoms with Crippen molar-refractivity contribution in [2.75, 3.05) is 31.6 Å². The van der Waals surface area contributed by atoms with E-state index in [0.29, 0.717) is 16.3 Å². The highest BCUT2D eigenvalue weighted by Gasteiger charge is 2.49. The van der Waals surface area contributed by atoms with Crippen LogP contribution in [0, 0.1) is 11.6 Å². The van der Waals surface area contributed by atoms with Gasteiger partial charge in [-0.15, -0.1) is 22.7 Å². The summed E-state index contributed by atoms with van der Waals surface area (Å²) in [5.41, 5.74) is 2.32. The minimum absolute atomic E-state index is 0.120. The van der Waals surface area contributed by atoms with Crippen molar-refractivity contribution in [2.24, 2.45) is 0 Å². The van der Waals surface area contributed by atoms with E-state index in [2.05, 4.69) is 33.2 Å². The van der Waals surface area contributed by atoms with E-state index >= 15 is 4.39 Å². The number of likely N-dealkylation sites (N-methyl/N-ethyl adjacent to an activating group) is 1. The van der Waals surface area contributed by atoms with Crippen molar-refractivity contribution in [3.8, 4) is 0 Å². The second-order valence-electron chi connectivity index (χ2n) is 8.73. The molecule has 0 radical (unpaired) electrons. The molecule has 1 spiro atoms. The molecule has 33 heavy (non-hydrogen) atoms. The summed E-state index contributed by atoms with van der Waals surface area (Å²) in [5, 5.41) is 3.91. The Labute approximate surface area is 198 Å². The molecule has 0 amide bonds. The predicted molar refractivity (Wildman–Crippen MR) is 130 cm³/mol. The first kappa shape index (κ1) is 21.3. The summed E-state index contributed by atoms with van der Waals surface area (Å²) in [6, 6.07) is 5.29. The molecule has 172 valence electrons. The molecule has 0 bridgehead atoms. The van der Waals surface area contributed by atoms with Crippen molar-refractivity contribution in [2.45, 2.75) is 37.6 Å². The fraction of sp³-hybridized carbons (Fsp3) is 0.417. The number of nitrogens with one attached hydrogen (secondary N) is 1. The quantitative estimate of drug-likeness (QED) is 0.368. The van der Waals surface area contributed by atoms with Gasteiger partial charge in [0.15, 0.2) is 11.6 Å². The molecule has 1 atom stereocenters. The van der Waals surface area contributed by atoms with Crippen LogP contribution in [0.2, 0.25) is 0 Å². The molecule has 0 saturated carbocycles. The van der Waals surface area contributed by atoms with Gasteiger partial charge in [0.2, 0.25) is 0 Å². The fourth-order valence-electron chi connectivity index (χ4n) is 5.69. The van der Waals surface area contributed by atoms with Crippen LogP contribution in [0.4, 0.5) is 20.2 Å². The lowest BCUT2D eigenvalue weighted by atomic mass is 9.77. The van der Waals surface area contributed by atoms with Crippen LogP contribution in [0.1, 0.15) is 37.0 Å². The molecule has 1 aromatic carbocycles. The number of pyridine rings is 1. The maximum Gasteiger partial charge on any atom is 0.176 e. The SMILES string of the molecule is CCN1CCC(c2cc3c(Nc4c(F)cc5scnc5c4F)ccnc3s2)C12CCOCC2. The molecular formula is C24H24F2N4OS2. The molecular weight excluding hydrogens is 462 g/mol. The molecule has 9 heteroatoms. The molecule has 1 N–H and O–H groups in total. The van der Waals surface area contributed by atoms with Crippen molar-refractivity contribution in [3.63, 3.8) is 0 Å². The first-order valence-corrected chi connectivity index (χ1v) is 13.0. The standard InChI is InChI=1S/C24H24F2N4OS2/c1-2-30-8-4-15(24(30)5-9-31-10-6-24)18-11-14-17(3-7-27-23(14)33-18)29-21-16(25)12-19-22(20(21)26)28-13-32-19/h3,7,11-13,15H,2,4-6,8-10H2,1H3,(H,27,29). The van der Waals surface area contributed by atoms with E-state index in [4.69, 9.17) is 4.74 Å². The second-order valence-corrected chi connectivity index (χ2v) is 10.7. The summed E-state index contributed by atoms with van der Waals surface area (Å²) in [7, 11) is 0. The molecule has 5 nitrogen and oxygen atoms in total. The van der Waals surface area contributed by atoms with Gasteiger partial charge in [-0.05, 0) is 50.6 Å². The first-order chi connectivity index (χ1) is 16.1. The van der Waals surface area contributed by atoms with Crippen LogP contribution in [0.15, 0.2) is 29.9 Å². The van der Waals surface area contributed by atoms with Crippen molar-refractivity contribution >= 4 is 54.5 Å². The van der Waals surface area contributed by atoms with Gasteiger partial charge in [-0.1, -0.05) is 6.92 Å². The first-order valence-electron chi connectivity index (χ1n) is 11.3. The number of fused-ring (bicyclic) bond motifs is 2. The Balaban J connectivity index is 1.40. The number of hydrogen-bond donors (Lipinski definition) is 1. The number of likely N-dealkylation sites (tertiary alicyclic amines) is 1. The number of thiophene rings is 1. The van der Waals surface area contributed by atoms with Gasteiger partial charge in [0, 0.05) is 41.1 Å². The molecule has 2 fully saturated rings. The maximum absolute atomic E-state index is 15.0. The Kier molecular flexibility index (Phi) is 5.32. The van der Waals surface area contributed by atoms with Gasteiger partial charge in [0.1, 0.15) is 16.0 Å². The monoisotopic (exact) mass is 486 g/mol. The highest BCUT2D eigenvalue weighted by atomic mass is 32.1. The molecule has 0 aliphatic carbocycles. The molecule has 2 aliphatic heterocycles. The van der Waals surface area contributed by atoms with Crippen molar-refractivity contribution in [3.05, 3.63) is 46.4 Å². The van der Waals surface area contributed by atoms with Crippen LogP contribution >= 0.6 is 22.7 Å². The average Bonchev–Trinajstić information content (AvgIpc) is 3.54. The Morgan fingerprint density at radius 1 is 1.24 bits per heavy atom. The van der Waals surface area contributed by atoms with E-state index in [1.54, 1.807) is 23.6 Å². The molecule has 5 heterocycles. The zero-order valence-corrected chi connectivity index (χ0v) is 19.9.